The minimum atomic E-state index is -0.912. The van der Waals surface area contributed by atoms with E-state index in [1.165, 1.54) is 0 Å². The van der Waals surface area contributed by atoms with E-state index in [-0.39, 0.29) is 0 Å². The molecule has 0 amide bonds. The van der Waals surface area contributed by atoms with E-state index in [9.17, 15) is 4.79 Å². The van der Waals surface area contributed by atoms with Gasteiger partial charge < -0.3 is 9.67 Å². The Kier molecular flexibility index (Phi) is 2.83. The second-order valence-corrected chi connectivity index (χ2v) is 4.42. The molecule has 3 nitrogen and oxygen atoms in total. The molecule has 0 fully saturated rings. The number of hydrogen-bond donors (Lipinski definition) is 1. The van der Waals surface area contributed by atoms with Gasteiger partial charge in [-0.3, -0.25) is 0 Å². The van der Waals surface area contributed by atoms with Crippen LogP contribution in [0.1, 0.15) is 10.5 Å². The number of carboxylic acid groups (broad SMARTS) is 1. The molecule has 2 aromatic rings. The molecule has 0 radical (unpaired) electrons. The molecule has 0 saturated heterocycles. The summed E-state index contributed by atoms with van der Waals surface area (Å²) >= 11 is 3.35. The van der Waals surface area contributed by atoms with Crippen LogP contribution in [0.2, 0.25) is 0 Å². The molecule has 0 spiro atoms. The number of carbonyl (C=O) groups is 1. The number of nitrogens with zero attached hydrogens (tertiary/aromatic N) is 1. The number of rotatable bonds is 2. The second-order valence-electron chi connectivity index (χ2n) is 3.50. The van der Waals surface area contributed by atoms with E-state index >= 15 is 0 Å². The SMILES string of the molecule is Cn1ccc(-c2ccc(Br)cc2)c1C(=O)O. The molecule has 0 saturated carbocycles. The van der Waals surface area contributed by atoms with Gasteiger partial charge in [-0.2, -0.15) is 0 Å². The van der Waals surface area contributed by atoms with E-state index < -0.39 is 5.97 Å². The Morgan fingerprint density at radius 2 is 1.88 bits per heavy atom. The highest BCUT2D eigenvalue weighted by molar-refractivity contribution is 9.10. The van der Waals surface area contributed by atoms with Crippen LogP contribution in [0.3, 0.4) is 0 Å². The van der Waals surface area contributed by atoms with Gasteiger partial charge in [0.05, 0.1) is 0 Å². The highest BCUT2D eigenvalue weighted by atomic mass is 79.9. The Bertz CT molecular complexity index is 528. The van der Waals surface area contributed by atoms with E-state index in [1.807, 2.05) is 30.3 Å². The van der Waals surface area contributed by atoms with Crippen molar-refractivity contribution in [1.82, 2.24) is 4.57 Å². The van der Waals surface area contributed by atoms with E-state index in [4.69, 9.17) is 5.11 Å². The van der Waals surface area contributed by atoms with Crippen LogP contribution in [-0.2, 0) is 7.05 Å². The molecule has 0 atom stereocenters. The Hall–Kier alpha value is -1.55. The van der Waals surface area contributed by atoms with Gasteiger partial charge in [0.2, 0.25) is 0 Å². The predicted molar refractivity (Wildman–Crippen MR) is 65.5 cm³/mol. The summed E-state index contributed by atoms with van der Waals surface area (Å²) in [6, 6.07) is 9.40. The molecule has 0 bridgehead atoms. The van der Waals surface area contributed by atoms with Gasteiger partial charge >= 0.3 is 5.97 Å². The van der Waals surface area contributed by atoms with Crippen molar-refractivity contribution >= 4 is 21.9 Å². The van der Waals surface area contributed by atoms with Crippen molar-refractivity contribution < 1.29 is 9.90 Å². The van der Waals surface area contributed by atoms with Crippen molar-refractivity contribution in [3.05, 3.63) is 46.7 Å². The van der Waals surface area contributed by atoms with E-state index in [1.54, 1.807) is 17.8 Å². The average molecular weight is 280 g/mol. The Balaban J connectivity index is 2.56. The lowest BCUT2D eigenvalue weighted by Crippen LogP contribution is -2.05. The Labute approximate surface area is 101 Å². The first-order chi connectivity index (χ1) is 7.59. The van der Waals surface area contributed by atoms with Crippen molar-refractivity contribution in [2.24, 2.45) is 7.05 Å². The first-order valence-electron chi connectivity index (χ1n) is 4.74. The molecule has 16 heavy (non-hydrogen) atoms. The summed E-state index contributed by atoms with van der Waals surface area (Å²) in [5.74, 6) is -0.912. The maximum absolute atomic E-state index is 11.1. The van der Waals surface area contributed by atoms with Crippen LogP contribution in [0, 0.1) is 0 Å². The van der Waals surface area contributed by atoms with Crippen LogP contribution < -0.4 is 0 Å². The largest absolute Gasteiger partial charge is 0.477 e. The summed E-state index contributed by atoms with van der Waals surface area (Å²) < 4.78 is 2.59. The third kappa shape index (κ3) is 1.88. The van der Waals surface area contributed by atoms with Gasteiger partial charge in [0.1, 0.15) is 5.69 Å². The fourth-order valence-electron chi connectivity index (χ4n) is 1.66. The highest BCUT2D eigenvalue weighted by Crippen LogP contribution is 2.25. The van der Waals surface area contributed by atoms with Crippen LogP contribution in [0.4, 0.5) is 0 Å². The minimum absolute atomic E-state index is 0.308. The first kappa shape index (κ1) is 11.0. The van der Waals surface area contributed by atoms with Crippen LogP contribution in [0.25, 0.3) is 11.1 Å². The molecule has 2 rings (SSSR count). The maximum atomic E-state index is 11.1. The number of aromatic nitrogens is 1. The minimum Gasteiger partial charge on any atom is -0.477 e. The molecule has 1 aromatic carbocycles. The molecule has 0 aliphatic heterocycles. The zero-order valence-corrected chi connectivity index (χ0v) is 10.2. The lowest BCUT2D eigenvalue weighted by molar-refractivity contribution is 0.0687. The summed E-state index contributed by atoms with van der Waals surface area (Å²) in [6.45, 7) is 0. The Morgan fingerprint density at radius 1 is 1.25 bits per heavy atom. The van der Waals surface area contributed by atoms with Crippen LogP contribution in [0.5, 0.6) is 0 Å². The maximum Gasteiger partial charge on any atom is 0.353 e. The smallest absolute Gasteiger partial charge is 0.353 e. The first-order valence-corrected chi connectivity index (χ1v) is 5.53. The Morgan fingerprint density at radius 3 is 2.44 bits per heavy atom. The summed E-state index contributed by atoms with van der Waals surface area (Å²) in [5, 5.41) is 9.12. The summed E-state index contributed by atoms with van der Waals surface area (Å²) in [7, 11) is 1.73. The third-order valence-corrected chi connectivity index (χ3v) is 2.96. The van der Waals surface area contributed by atoms with E-state index in [0.29, 0.717) is 5.69 Å². The molecule has 4 heteroatoms. The molecule has 82 valence electrons. The molecule has 0 unspecified atom stereocenters. The van der Waals surface area contributed by atoms with Crippen molar-refractivity contribution in [2.75, 3.05) is 0 Å². The zero-order valence-electron chi connectivity index (χ0n) is 8.64. The molecular formula is C12H10BrNO2. The summed E-state index contributed by atoms with van der Waals surface area (Å²) in [6.07, 6.45) is 1.75. The van der Waals surface area contributed by atoms with Crippen molar-refractivity contribution in [3.63, 3.8) is 0 Å². The molecule has 1 heterocycles. The van der Waals surface area contributed by atoms with E-state index in [2.05, 4.69) is 15.9 Å². The molecule has 1 N–H and O–H groups in total. The zero-order chi connectivity index (χ0) is 11.7. The van der Waals surface area contributed by atoms with Crippen molar-refractivity contribution in [2.45, 2.75) is 0 Å². The van der Waals surface area contributed by atoms with Gasteiger partial charge in [-0.1, -0.05) is 28.1 Å². The van der Waals surface area contributed by atoms with Gasteiger partial charge in [-0.25, -0.2) is 4.79 Å². The average Bonchev–Trinajstić information content (AvgIpc) is 2.61. The molecule has 0 aliphatic carbocycles. The number of halogens is 1. The molecule has 0 aliphatic rings. The lowest BCUT2D eigenvalue weighted by Gasteiger charge is -2.03. The number of carboxylic acids is 1. The number of hydrogen-bond acceptors (Lipinski definition) is 1. The van der Waals surface area contributed by atoms with Crippen molar-refractivity contribution in [3.8, 4) is 11.1 Å². The van der Waals surface area contributed by atoms with E-state index in [0.717, 1.165) is 15.6 Å². The fourth-order valence-corrected chi connectivity index (χ4v) is 1.92. The quantitative estimate of drug-likeness (QED) is 0.918. The van der Waals surface area contributed by atoms with Gasteiger partial charge in [0.25, 0.3) is 0 Å². The number of aromatic carboxylic acids is 1. The summed E-state index contributed by atoms with van der Waals surface area (Å²) in [4.78, 5) is 11.1. The fraction of sp³-hybridized carbons (Fsp3) is 0.0833. The van der Waals surface area contributed by atoms with Gasteiger partial charge in [-0.15, -0.1) is 0 Å². The molecular weight excluding hydrogens is 270 g/mol. The number of benzene rings is 1. The summed E-state index contributed by atoms with van der Waals surface area (Å²) in [5.41, 5.74) is 1.95. The van der Waals surface area contributed by atoms with Crippen molar-refractivity contribution in [1.29, 1.82) is 0 Å². The second kappa shape index (κ2) is 4.14. The van der Waals surface area contributed by atoms with Gasteiger partial charge in [0, 0.05) is 23.3 Å². The topological polar surface area (TPSA) is 42.2 Å². The van der Waals surface area contributed by atoms with Gasteiger partial charge in [-0.05, 0) is 23.8 Å². The normalized spacial score (nSPS) is 10.4. The van der Waals surface area contributed by atoms with Crippen LogP contribution in [0.15, 0.2) is 41.0 Å². The predicted octanol–water partition coefficient (Wildman–Crippen LogP) is 3.15. The van der Waals surface area contributed by atoms with Gasteiger partial charge in [0.15, 0.2) is 0 Å². The lowest BCUT2D eigenvalue weighted by atomic mass is 10.1. The molecule has 1 aromatic heterocycles. The monoisotopic (exact) mass is 279 g/mol. The van der Waals surface area contributed by atoms with Crippen LogP contribution >= 0.6 is 15.9 Å². The standard InChI is InChI=1S/C12H10BrNO2/c1-14-7-6-10(11(14)12(15)16)8-2-4-9(13)5-3-8/h2-7H,1H3,(H,15,16). The highest BCUT2D eigenvalue weighted by Gasteiger charge is 2.15. The van der Waals surface area contributed by atoms with Crippen LogP contribution in [-0.4, -0.2) is 15.6 Å². The third-order valence-electron chi connectivity index (χ3n) is 2.43. The number of aryl methyl sites for hydroxylation is 1.